The van der Waals surface area contributed by atoms with Crippen molar-refractivity contribution in [2.45, 2.75) is 195 Å². The van der Waals surface area contributed by atoms with Crippen LogP contribution in [0.4, 0.5) is 0 Å². The third kappa shape index (κ3) is 10.9. The van der Waals surface area contributed by atoms with E-state index in [4.69, 9.17) is 24.6 Å². The normalized spacial score (nSPS) is 28.5. The molecule has 0 bridgehead atoms. The number of hydrogen-bond acceptors (Lipinski definition) is 4. The second kappa shape index (κ2) is 16.7. The first-order chi connectivity index (χ1) is 24.6. The Morgan fingerprint density at radius 1 is 0.889 bits per heavy atom. The molecule has 0 unspecified atom stereocenters. The largest absolute Gasteiger partial charge is 0.413 e. The molecule has 0 saturated heterocycles. The lowest BCUT2D eigenvalue weighted by atomic mass is 9.61. The minimum Gasteiger partial charge on any atom is -0.413 e. The second-order valence-corrected chi connectivity index (χ2v) is 36.2. The van der Waals surface area contributed by atoms with Crippen molar-refractivity contribution >= 4 is 25.0 Å². The van der Waals surface area contributed by atoms with Crippen LogP contribution >= 0.6 is 0 Å². The molecule has 6 atom stereocenters. The summed E-state index contributed by atoms with van der Waals surface area (Å²) in [6, 6.07) is 8.84. The van der Waals surface area contributed by atoms with Crippen LogP contribution in [0.15, 0.2) is 59.7 Å². The molecule has 3 aliphatic carbocycles. The van der Waals surface area contributed by atoms with Crippen molar-refractivity contribution in [1.82, 2.24) is 0 Å². The van der Waals surface area contributed by atoms with E-state index in [9.17, 15) is 0 Å². The summed E-state index contributed by atoms with van der Waals surface area (Å²) in [5, 5.41) is 0.312. The Morgan fingerprint density at radius 2 is 1.52 bits per heavy atom. The van der Waals surface area contributed by atoms with Crippen molar-refractivity contribution in [3.8, 4) is 0 Å². The average Bonchev–Trinajstić information content (AvgIpc) is 3.37. The summed E-state index contributed by atoms with van der Waals surface area (Å²) in [7, 11) is -5.62. The molecule has 4 nitrogen and oxygen atoms in total. The van der Waals surface area contributed by atoms with Crippen LogP contribution in [-0.4, -0.2) is 43.8 Å². The predicted octanol–water partition coefficient (Wildman–Crippen LogP) is 14.1. The maximum atomic E-state index is 7.13. The number of benzene rings is 1. The molecule has 0 heterocycles. The number of hydrogen-bond donors (Lipinski definition) is 0. The predicted molar refractivity (Wildman–Crippen MR) is 240 cm³/mol. The quantitative estimate of drug-likeness (QED) is 0.186. The Morgan fingerprint density at radius 3 is 2.13 bits per heavy atom. The molecular formula is C47H82O4Si3. The molecule has 54 heavy (non-hydrogen) atoms. The van der Waals surface area contributed by atoms with Crippen LogP contribution in [0.3, 0.4) is 0 Å². The van der Waals surface area contributed by atoms with E-state index in [1.807, 2.05) is 0 Å². The Balaban J connectivity index is 1.48. The first kappa shape index (κ1) is 45.6. The van der Waals surface area contributed by atoms with Gasteiger partial charge >= 0.3 is 0 Å². The van der Waals surface area contributed by atoms with Crippen molar-refractivity contribution in [3.05, 3.63) is 70.8 Å². The molecule has 1 aromatic rings. The molecule has 7 heteroatoms. The van der Waals surface area contributed by atoms with Crippen LogP contribution in [0.5, 0.6) is 0 Å². The van der Waals surface area contributed by atoms with Gasteiger partial charge in [0.25, 0.3) is 0 Å². The highest BCUT2D eigenvalue weighted by Crippen LogP contribution is 2.59. The molecule has 4 rings (SSSR count). The van der Waals surface area contributed by atoms with E-state index in [0.717, 1.165) is 19.4 Å². The van der Waals surface area contributed by atoms with E-state index in [1.165, 1.54) is 54.4 Å². The highest BCUT2D eigenvalue weighted by molar-refractivity contribution is 6.74. The second-order valence-electron chi connectivity index (χ2n) is 22.3. The topological polar surface area (TPSA) is 36.9 Å². The lowest BCUT2D eigenvalue weighted by Crippen LogP contribution is -2.49. The minimum absolute atomic E-state index is 0.0137. The van der Waals surface area contributed by atoms with Crippen molar-refractivity contribution < 1.29 is 18.0 Å². The molecule has 0 spiro atoms. The van der Waals surface area contributed by atoms with Gasteiger partial charge in [-0.05, 0) is 154 Å². The molecule has 3 fully saturated rings. The third-order valence-corrected chi connectivity index (χ3v) is 24.4. The molecule has 0 amide bonds. The lowest BCUT2D eigenvalue weighted by Gasteiger charge is -2.46. The van der Waals surface area contributed by atoms with Crippen molar-refractivity contribution in [1.29, 1.82) is 0 Å². The SMILES string of the molecule is C=C1/C(=C\C=C2/CCC[C@]3(C)[C@@H]([C@@H](C)COCc4cccc(C(C)(C)O[Si](C)(C)C)c4)CC[C@@H]23)C[C@@H](O[Si](C)(C)C(C)(C)C)C[C@@H]1O[Si](C)(C)C(C)(C)C. The zero-order chi connectivity index (χ0) is 40.7. The summed E-state index contributed by atoms with van der Waals surface area (Å²) in [4.78, 5) is 0. The Labute approximate surface area is 336 Å². The van der Waals surface area contributed by atoms with Gasteiger partial charge in [-0.15, -0.1) is 0 Å². The van der Waals surface area contributed by atoms with E-state index in [1.54, 1.807) is 5.57 Å². The molecule has 306 valence electrons. The van der Waals surface area contributed by atoms with E-state index in [-0.39, 0.29) is 27.9 Å². The summed E-state index contributed by atoms with van der Waals surface area (Å²) in [6.45, 7) is 46.0. The summed E-state index contributed by atoms with van der Waals surface area (Å²) < 4.78 is 27.3. The van der Waals surface area contributed by atoms with Gasteiger partial charge in [0.15, 0.2) is 25.0 Å². The third-order valence-electron chi connectivity index (χ3n) is 14.3. The molecule has 3 saturated carbocycles. The standard InChI is InChI=1S/C47H82O4Si3/c1-34(32-48-33-36-21-19-23-39(29-36)46(9,10)51-52(12,13)14)41-26-27-42-37(22-20-28-47(41,42)11)24-25-38-30-40(49-53(15,16)44(3,4)5)31-43(35(38)2)50-54(17,18)45(6,7)8/h19,21,23-25,29,34,40-43H,2,20,22,26-28,30-33H2,1,3-18H3/b37-24+,38-25-/t34-,40+,41+,42-,43-,47+/m0/s1. The van der Waals surface area contributed by atoms with Crippen molar-refractivity contribution in [2.75, 3.05) is 6.61 Å². The van der Waals surface area contributed by atoms with Crippen LogP contribution in [0, 0.1) is 23.2 Å². The van der Waals surface area contributed by atoms with Gasteiger partial charge in [-0.1, -0.05) is 104 Å². The van der Waals surface area contributed by atoms with Gasteiger partial charge in [0.2, 0.25) is 0 Å². The highest BCUT2D eigenvalue weighted by Gasteiger charge is 2.51. The first-order valence-corrected chi connectivity index (χ1v) is 30.6. The number of allylic oxidation sites excluding steroid dienone is 3. The zero-order valence-electron chi connectivity index (χ0n) is 38.1. The van der Waals surface area contributed by atoms with Gasteiger partial charge in [-0.2, -0.15) is 0 Å². The highest BCUT2D eigenvalue weighted by atomic mass is 28.4. The molecule has 1 aromatic carbocycles. The van der Waals surface area contributed by atoms with Crippen LogP contribution in [-0.2, 0) is 30.2 Å². The van der Waals surface area contributed by atoms with Gasteiger partial charge in [-0.25, -0.2) is 0 Å². The molecule has 3 aliphatic rings. The molecule has 0 N–H and O–H groups in total. The van der Waals surface area contributed by atoms with E-state index < -0.39 is 25.0 Å². The average molecular weight is 795 g/mol. The van der Waals surface area contributed by atoms with E-state index >= 15 is 0 Å². The maximum absolute atomic E-state index is 7.13. The molecule has 0 aromatic heterocycles. The van der Waals surface area contributed by atoms with Crippen LogP contribution in [0.25, 0.3) is 0 Å². The smallest absolute Gasteiger partial charge is 0.192 e. The Hall–Kier alpha value is -1.07. The maximum Gasteiger partial charge on any atom is 0.192 e. The number of ether oxygens (including phenoxy) is 1. The van der Waals surface area contributed by atoms with Gasteiger partial charge in [0.05, 0.1) is 24.4 Å². The fourth-order valence-electron chi connectivity index (χ4n) is 9.32. The fourth-order valence-corrected chi connectivity index (χ4v) is 13.6. The molecule has 0 aliphatic heterocycles. The minimum atomic E-state index is -2.00. The van der Waals surface area contributed by atoms with Gasteiger partial charge in [0, 0.05) is 13.0 Å². The summed E-state index contributed by atoms with van der Waals surface area (Å²) in [6.07, 6.45) is 13.3. The van der Waals surface area contributed by atoms with Gasteiger partial charge in [0.1, 0.15) is 0 Å². The summed E-state index contributed by atoms with van der Waals surface area (Å²) in [5.41, 5.74) is 6.65. The van der Waals surface area contributed by atoms with Crippen molar-refractivity contribution in [2.24, 2.45) is 23.2 Å². The Bertz CT molecular complexity index is 1520. The molecular weight excluding hydrogens is 713 g/mol. The van der Waals surface area contributed by atoms with E-state index in [0.29, 0.717) is 29.8 Å². The number of fused-ring (bicyclic) bond motifs is 1. The van der Waals surface area contributed by atoms with Gasteiger partial charge in [-0.3, -0.25) is 0 Å². The van der Waals surface area contributed by atoms with Crippen LogP contribution in [0.1, 0.15) is 125 Å². The summed E-state index contributed by atoms with van der Waals surface area (Å²) >= 11 is 0. The number of rotatable bonds is 13. The van der Waals surface area contributed by atoms with Crippen LogP contribution < -0.4 is 0 Å². The fraction of sp³-hybridized carbons (Fsp3) is 0.745. The van der Waals surface area contributed by atoms with Gasteiger partial charge < -0.3 is 18.0 Å². The van der Waals surface area contributed by atoms with Crippen molar-refractivity contribution in [3.63, 3.8) is 0 Å². The Kier molecular flexibility index (Phi) is 14.1. The monoisotopic (exact) mass is 795 g/mol. The first-order valence-electron chi connectivity index (χ1n) is 21.4. The molecule has 0 radical (unpaired) electrons. The van der Waals surface area contributed by atoms with E-state index in [2.05, 4.69) is 151 Å². The summed E-state index contributed by atoms with van der Waals surface area (Å²) in [5.74, 6) is 1.83. The lowest BCUT2D eigenvalue weighted by molar-refractivity contribution is 0.0275. The van der Waals surface area contributed by atoms with Crippen LogP contribution in [0.2, 0.25) is 55.9 Å². The zero-order valence-corrected chi connectivity index (χ0v) is 41.1.